The van der Waals surface area contributed by atoms with Crippen LogP contribution in [0.2, 0.25) is 0 Å². The van der Waals surface area contributed by atoms with Crippen LogP contribution >= 0.6 is 0 Å². The lowest BCUT2D eigenvalue weighted by Gasteiger charge is -2.57. The first-order valence-electron chi connectivity index (χ1n) is 8.05. The van der Waals surface area contributed by atoms with Crippen LogP contribution in [-0.2, 0) is 9.53 Å². The maximum absolute atomic E-state index is 12.2. The Morgan fingerprint density at radius 1 is 1.25 bits per heavy atom. The Morgan fingerprint density at radius 2 is 1.88 bits per heavy atom. The minimum atomic E-state index is -0.814. The maximum Gasteiger partial charge on any atom is 0.321 e. The fourth-order valence-electron chi connectivity index (χ4n) is 3.94. The van der Waals surface area contributed by atoms with Crippen molar-refractivity contribution in [1.82, 2.24) is 10.2 Å². The smallest absolute Gasteiger partial charge is 0.321 e. The van der Waals surface area contributed by atoms with Crippen molar-refractivity contribution in [2.75, 3.05) is 19.7 Å². The number of hydrogen-bond donors (Lipinski definition) is 2. The fraction of sp³-hybridized carbons (Fsp3) is 0.471. The van der Waals surface area contributed by atoms with E-state index in [1.807, 2.05) is 0 Å². The number of nitrogens with one attached hydrogen (secondary N) is 1. The number of carboxylic acid groups (broad SMARTS) is 1. The molecule has 1 aromatic carbocycles. The third-order valence-electron chi connectivity index (χ3n) is 5.33. The SMILES string of the molecule is O=C(O)C1NCC12CC(OCCN1C(=O)c3ccccc3C1=O)C2. The van der Waals surface area contributed by atoms with Crippen LogP contribution in [0.15, 0.2) is 24.3 Å². The van der Waals surface area contributed by atoms with Crippen molar-refractivity contribution in [2.45, 2.75) is 25.0 Å². The number of hydrogen-bond acceptors (Lipinski definition) is 5. The number of aliphatic carboxylic acids is 1. The molecule has 2 amide bonds. The largest absolute Gasteiger partial charge is 0.480 e. The third-order valence-corrected chi connectivity index (χ3v) is 5.33. The molecular weight excluding hydrogens is 312 g/mol. The summed E-state index contributed by atoms with van der Waals surface area (Å²) in [5.74, 6) is -1.37. The molecule has 3 aliphatic rings. The van der Waals surface area contributed by atoms with Gasteiger partial charge in [0.1, 0.15) is 6.04 Å². The Bertz CT molecular complexity index is 690. The molecule has 24 heavy (non-hydrogen) atoms. The Kier molecular flexibility index (Phi) is 3.43. The van der Waals surface area contributed by atoms with Crippen LogP contribution in [-0.4, -0.2) is 59.6 Å². The summed E-state index contributed by atoms with van der Waals surface area (Å²) in [6.07, 6.45) is 1.42. The first kappa shape index (κ1) is 15.3. The molecule has 4 rings (SSSR count). The lowest BCUT2D eigenvalue weighted by atomic mass is 9.58. The molecule has 0 bridgehead atoms. The van der Waals surface area contributed by atoms with Gasteiger partial charge in [0.2, 0.25) is 0 Å². The lowest BCUT2D eigenvalue weighted by Crippen LogP contribution is -2.72. The summed E-state index contributed by atoms with van der Waals surface area (Å²) in [4.78, 5) is 36.7. The average Bonchev–Trinajstić information content (AvgIpc) is 2.73. The lowest BCUT2D eigenvalue weighted by molar-refractivity contribution is -0.167. The zero-order valence-corrected chi connectivity index (χ0v) is 13.0. The van der Waals surface area contributed by atoms with E-state index >= 15 is 0 Å². The standard InChI is InChI=1S/C17H18N2O5/c20-14-11-3-1-2-4-12(11)15(21)19(14)5-6-24-10-7-17(8-10)9-18-13(17)16(22)23/h1-4,10,13,18H,5-9H2,(H,22,23). The Morgan fingerprint density at radius 3 is 2.38 bits per heavy atom. The molecule has 1 aromatic rings. The summed E-state index contributed by atoms with van der Waals surface area (Å²) in [7, 11) is 0. The van der Waals surface area contributed by atoms with Crippen LogP contribution < -0.4 is 5.32 Å². The second kappa shape index (κ2) is 5.39. The summed E-state index contributed by atoms with van der Waals surface area (Å²) in [6.45, 7) is 1.20. The summed E-state index contributed by atoms with van der Waals surface area (Å²) in [5.41, 5.74) is 0.705. The van der Waals surface area contributed by atoms with E-state index in [1.165, 1.54) is 4.90 Å². The van der Waals surface area contributed by atoms with E-state index in [0.717, 1.165) is 0 Å². The van der Waals surface area contributed by atoms with Crippen molar-refractivity contribution in [3.63, 3.8) is 0 Å². The molecule has 1 saturated heterocycles. The minimum Gasteiger partial charge on any atom is -0.480 e. The number of nitrogens with zero attached hydrogens (tertiary/aromatic N) is 1. The number of imide groups is 1. The van der Waals surface area contributed by atoms with Crippen molar-refractivity contribution in [3.05, 3.63) is 35.4 Å². The van der Waals surface area contributed by atoms with Crippen molar-refractivity contribution in [2.24, 2.45) is 5.41 Å². The van der Waals surface area contributed by atoms with Crippen LogP contribution in [0.1, 0.15) is 33.6 Å². The molecule has 7 nitrogen and oxygen atoms in total. The number of carbonyl (C=O) groups is 3. The number of carboxylic acids is 1. The molecule has 1 unspecified atom stereocenters. The van der Waals surface area contributed by atoms with Gasteiger partial charge in [0, 0.05) is 12.0 Å². The molecule has 2 fully saturated rings. The van der Waals surface area contributed by atoms with E-state index in [9.17, 15) is 14.4 Å². The van der Waals surface area contributed by atoms with Gasteiger partial charge in [-0.25, -0.2) is 0 Å². The molecular formula is C17H18N2O5. The van der Waals surface area contributed by atoms with Gasteiger partial charge in [-0.3, -0.25) is 19.3 Å². The molecule has 2 heterocycles. The van der Waals surface area contributed by atoms with Gasteiger partial charge in [0.05, 0.1) is 30.4 Å². The number of benzene rings is 1. The fourth-order valence-corrected chi connectivity index (χ4v) is 3.94. The number of ether oxygens (including phenoxy) is 1. The van der Waals surface area contributed by atoms with Crippen LogP contribution in [0.5, 0.6) is 0 Å². The molecule has 1 atom stereocenters. The van der Waals surface area contributed by atoms with E-state index < -0.39 is 12.0 Å². The molecule has 2 aliphatic heterocycles. The number of carbonyl (C=O) groups excluding carboxylic acids is 2. The first-order chi connectivity index (χ1) is 11.5. The second-order valence-electron chi connectivity index (χ2n) is 6.72. The van der Waals surface area contributed by atoms with E-state index in [0.29, 0.717) is 30.5 Å². The molecule has 2 N–H and O–H groups in total. The number of rotatable bonds is 5. The van der Waals surface area contributed by atoms with Crippen molar-refractivity contribution >= 4 is 17.8 Å². The minimum absolute atomic E-state index is 0.00383. The van der Waals surface area contributed by atoms with Gasteiger partial charge in [-0.2, -0.15) is 0 Å². The summed E-state index contributed by atoms with van der Waals surface area (Å²) >= 11 is 0. The molecule has 1 saturated carbocycles. The Labute approximate surface area is 138 Å². The zero-order valence-electron chi connectivity index (χ0n) is 13.0. The second-order valence-corrected chi connectivity index (χ2v) is 6.72. The third kappa shape index (κ3) is 2.16. The van der Waals surface area contributed by atoms with Crippen LogP contribution in [0.4, 0.5) is 0 Å². The van der Waals surface area contributed by atoms with Gasteiger partial charge in [0.25, 0.3) is 11.8 Å². The Hall–Kier alpha value is -2.25. The molecule has 0 radical (unpaired) electrons. The quantitative estimate of drug-likeness (QED) is 0.764. The van der Waals surface area contributed by atoms with E-state index in [1.54, 1.807) is 24.3 Å². The van der Waals surface area contributed by atoms with E-state index in [4.69, 9.17) is 9.84 Å². The molecule has 1 aliphatic carbocycles. The summed E-state index contributed by atoms with van der Waals surface area (Å²) < 4.78 is 5.73. The normalized spacial score (nSPS) is 30.9. The van der Waals surface area contributed by atoms with Crippen LogP contribution in [0, 0.1) is 5.41 Å². The molecule has 0 aromatic heterocycles. The van der Waals surface area contributed by atoms with E-state index in [2.05, 4.69) is 5.32 Å². The predicted molar refractivity (Wildman–Crippen MR) is 82.6 cm³/mol. The van der Waals surface area contributed by atoms with Gasteiger partial charge in [-0.05, 0) is 25.0 Å². The van der Waals surface area contributed by atoms with Gasteiger partial charge in [-0.1, -0.05) is 12.1 Å². The summed E-state index contributed by atoms with van der Waals surface area (Å²) in [6, 6.07) is 6.31. The zero-order chi connectivity index (χ0) is 16.9. The van der Waals surface area contributed by atoms with Crippen molar-refractivity contribution in [1.29, 1.82) is 0 Å². The topological polar surface area (TPSA) is 95.9 Å². The van der Waals surface area contributed by atoms with Gasteiger partial charge in [0.15, 0.2) is 0 Å². The molecule has 7 heteroatoms. The number of amides is 2. The van der Waals surface area contributed by atoms with Crippen LogP contribution in [0.25, 0.3) is 0 Å². The summed E-state index contributed by atoms with van der Waals surface area (Å²) in [5, 5.41) is 12.0. The van der Waals surface area contributed by atoms with Gasteiger partial charge < -0.3 is 15.2 Å². The highest BCUT2D eigenvalue weighted by molar-refractivity contribution is 6.21. The highest BCUT2D eigenvalue weighted by Gasteiger charge is 2.58. The van der Waals surface area contributed by atoms with Gasteiger partial charge >= 0.3 is 5.97 Å². The number of fused-ring (bicyclic) bond motifs is 1. The monoisotopic (exact) mass is 330 g/mol. The average molecular weight is 330 g/mol. The highest BCUT2D eigenvalue weighted by atomic mass is 16.5. The molecule has 1 spiro atoms. The highest BCUT2D eigenvalue weighted by Crippen LogP contribution is 2.49. The molecule has 126 valence electrons. The van der Waals surface area contributed by atoms with Gasteiger partial charge in [-0.15, -0.1) is 0 Å². The van der Waals surface area contributed by atoms with Crippen LogP contribution in [0.3, 0.4) is 0 Å². The van der Waals surface area contributed by atoms with Crippen molar-refractivity contribution in [3.8, 4) is 0 Å². The predicted octanol–water partition coefficient (Wildman–Crippen LogP) is 0.504. The van der Waals surface area contributed by atoms with E-state index in [-0.39, 0.29) is 36.5 Å². The Balaban J connectivity index is 1.27. The van der Waals surface area contributed by atoms with Crippen molar-refractivity contribution < 1.29 is 24.2 Å². The first-order valence-corrected chi connectivity index (χ1v) is 8.05. The maximum atomic E-state index is 12.2.